The fraction of sp³-hybridized carbons (Fsp3) is 0.111. The quantitative estimate of drug-likeness (QED) is 0.475. The van der Waals surface area contributed by atoms with Gasteiger partial charge in [-0.3, -0.25) is 24.6 Å². The Hall–Kier alpha value is -3.33. The zero-order chi connectivity index (χ0) is 19.6. The van der Waals surface area contributed by atoms with Crippen molar-refractivity contribution >= 4 is 34.7 Å². The molecular formula is C18H14N2O6S. The Labute approximate surface area is 158 Å². The van der Waals surface area contributed by atoms with E-state index in [1.54, 1.807) is 12.1 Å². The van der Waals surface area contributed by atoms with Crippen molar-refractivity contribution in [3.8, 4) is 11.5 Å². The number of benzene rings is 2. The monoisotopic (exact) mass is 386 g/mol. The Morgan fingerprint density at radius 3 is 2.70 bits per heavy atom. The molecule has 0 atom stereocenters. The van der Waals surface area contributed by atoms with Gasteiger partial charge in [-0.15, -0.1) is 0 Å². The lowest BCUT2D eigenvalue weighted by Gasteiger charge is -2.12. The summed E-state index contributed by atoms with van der Waals surface area (Å²) in [6.07, 6.45) is 1.51. The number of para-hydroxylation sites is 1. The van der Waals surface area contributed by atoms with Gasteiger partial charge in [-0.25, -0.2) is 0 Å². The van der Waals surface area contributed by atoms with Gasteiger partial charge < -0.3 is 9.84 Å². The molecule has 9 heteroatoms. The van der Waals surface area contributed by atoms with E-state index >= 15 is 0 Å². The topological polar surface area (TPSA) is 110 Å². The summed E-state index contributed by atoms with van der Waals surface area (Å²) in [6.45, 7) is -0.182. The second-order valence-corrected chi connectivity index (χ2v) is 6.58. The van der Waals surface area contributed by atoms with Gasteiger partial charge in [0.1, 0.15) is 0 Å². The maximum Gasteiger partial charge on any atom is 0.293 e. The Morgan fingerprint density at radius 2 is 2.00 bits per heavy atom. The van der Waals surface area contributed by atoms with Crippen LogP contribution in [0.15, 0.2) is 47.4 Å². The molecular weight excluding hydrogens is 372 g/mol. The van der Waals surface area contributed by atoms with Gasteiger partial charge in [0.2, 0.25) is 0 Å². The highest BCUT2D eigenvalue weighted by molar-refractivity contribution is 8.18. The van der Waals surface area contributed by atoms with Gasteiger partial charge in [0, 0.05) is 11.6 Å². The minimum Gasteiger partial charge on any atom is -0.504 e. The zero-order valence-corrected chi connectivity index (χ0v) is 14.9. The molecule has 27 heavy (non-hydrogen) atoms. The average molecular weight is 386 g/mol. The van der Waals surface area contributed by atoms with Crippen LogP contribution in [0, 0.1) is 10.1 Å². The van der Waals surface area contributed by atoms with Crippen molar-refractivity contribution < 1.29 is 24.4 Å². The number of nitro benzene ring substituents is 1. The molecule has 0 aliphatic carbocycles. The largest absolute Gasteiger partial charge is 0.504 e. The molecule has 1 N–H and O–H groups in total. The molecule has 1 heterocycles. The Balaban J connectivity index is 1.87. The molecule has 8 nitrogen and oxygen atoms in total. The van der Waals surface area contributed by atoms with Crippen LogP contribution in [0.4, 0.5) is 10.5 Å². The van der Waals surface area contributed by atoms with E-state index in [2.05, 4.69) is 0 Å². The van der Waals surface area contributed by atoms with Gasteiger partial charge in [-0.05, 0) is 35.5 Å². The van der Waals surface area contributed by atoms with Gasteiger partial charge in [-0.2, -0.15) is 0 Å². The van der Waals surface area contributed by atoms with Gasteiger partial charge in [0.15, 0.2) is 11.5 Å². The van der Waals surface area contributed by atoms with Gasteiger partial charge in [-0.1, -0.05) is 24.3 Å². The third-order valence-corrected chi connectivity index (χ3v) is 4.80. The molecule has 0 saturated carbocycles. The first-order valence-electron chi connectivity index (χ1n) is 7.75. The molecule has 2 aromatic carbocycles. The number of rotatable bonds is 5. The van der Waals surface area contributed by atoms with Crippen molar-refractivity contribution in [1.29, 1.82) is 0 Å². The SMILES string of the molecule is COc1cc(/C=C2/SC(=O)N(Cc3ccccc3[N+](=O)[O-])C2=O)ccc1O. The molecule has 2 aromatic rings. The molecule has 1 aliphatic heterocycles. The standard InChI is InChI=1S/C18H14N2O6S/c1-26-15-8-11(6-7-14(15)21)9-16-17(22)19(18(23)27-16)10-12-4-2-3-5-13(12)20(24)25/h2-9,21H,10H2,1H3/b16-9+. The van der Waals surface area contributed by atoms with Crippen molar-refractivity contribution in [2.24, 2.45) is 0 Å². The molecule has 1 saturated heterocycles. The Morgan fingerprint density at radius 1 is 1.26 bits per heavy atom. The number of carbonyl (C=O) groups is 2. The first-order chi connectivity index (χ1) is 12.9. The molecule has 3 rings (SSSR count). The van der Waals surface area contributed by atoms with E-state index in [1.807, 2.05) is 0 Å². The molecule has 0 unspecified atom stereocenters. The van der Waals surface area contributed by atoms with Crippen LogP contribution in [-0.2, 0) is 11.3 Å². The summed E-state index contributed by atoms with van der Waals surface area (Å²) in [5, 5.41) is 20.2. The summed E-state index contributed by atoms with van der Waals surface area (Å²) in [5.41, 5.74) is 0.696. The first kappa shape index (κ1) is 18.5. The minimum absolute atomic E-state index is 0.0425. The van der Waals surface area contributed by atoms with E-state index in [4.69, 9.17) is 4.74 Å². The molecule has 0 spiro atoms. The number of phenols is 1. The lowest BCUT2D eigenvalue weighted by molar-refractivity contribution is -0.385. The van der Waals surface area contributed by atoms with Crippen LogP contribution in [0.2, 0.25) is 0 Å². The van der Waals surface area contributed by atoms with Crippen LogP contribution >= 0.6 is 11.8 Å². The van der Waals surface area contributed by atoms with Crippen molar-refractivity contribution in [3.05, 3.63) is 68.6 Å². The Bertz CT molecular complexity index is 972. The van der Waals surface area contributed by atoms with E-state index in [9.17, 15) is 24.8 Å². The Kier molecular flexibility index (Phi) is 5.13. The lowest BCUT2D eigenvalue weighted by Crippen LogP contribution is -2.27. The van der Waals surface area contributed by atoms with E-state index < -0.39 is 16.1 Å². The summed E-state index contributed by atoms with van der Waals surface area (Å²) < 4.78 is 5.02. The fourth-order valence-electron chi connectivity index (χ4n) is 2.56. The molecule has 138 valence electrons. The van der Waals surface area contributed by atoms with Crippen LogP contribution in [-0.4, -0.2) is 33.2 Å². The summed E-state index contributed by atoms with van der Waals surface area (Å²) >= 11 is 0.753. The van der Waals surface area contributed by atoms with Crippen LogP contribution in [0.25, 0.3) is 6.08 Å². The molecule has 1 aliphatic rings. The molecule has 0 radical (unpaired) electrons. The summed E-state index contributed by atoms with van der Waals surface area (Å²) in [5.74, 6) is -0.336. The predicted octanol–water partition coefficient (Wildman–Crippen LogP) is 3.55. The number of hydrogen-bond donors (Lipinski definition) is 1. The average Bonchev–Trinajstić information content (AvgIpc) is 2.91. The number of amides is 2. The number of thioether (sulfide) groups is 1. The van der Waals surface area contributed by atoms with Crippen LogP contribution in [0.5, 0.6) is 11.5 Å². The molecule has 2 amide bonds. The number of imide groups is 1. The van der Waals surface area contributed by atoms with Gasteiger partial charge >= 0.3 is 0 Å². The predicted molar refractivity (Wildman–Crippen MR) is 99.3 cm³/mol. The van der Waals surface area contributed by atoms with E-state index in [1.165, 1.54) is 43.5 Å². The second kappa shape index (κ2) is 7.50. The van der Waals surface area contributed by atoms with Crippen molar-refractivity contribution in [1.82, 2.24) is 4.90 Å². The highest BCUT2D eigenvalue weighted by Crippen LogP contribution is 2.35. The minimum atomic E-state index is -0.549. The maximum atomic E-state index is 12.6. The highest BCUT2D eigenvalue weighted by Gasteiger charge is 2.36. The number of carbonyl (C=O) groups excluding carboxylic acids is 2. The third-order valence-electron chi connectivity index (χ3n) is 3.89. The number of aromatic hydroxyl groups is 1. The smallest absolute Gasteiger partial charge is 0.293 e. The fourth-order valence-corrected chi connectivity index (χ4v) is 3.40. The number of nitrogens with zero attached hydrogens (tertiary/aromatic N) is 2. The normalized spacial score (nSPS) is 15.4. The van der Waals surface area contributed by atoms with Gasteiger partial charge in [0.25, 0.3) is 16.8 Å². The lowest BCUT2D eigenvalue weighted by atomic mass is 10.1. The third kappa shape index (κ3) is 3.77. The highest BCUT2D eigenvalue weighted by atomic mass is 32.2. The van der Waals surface area contributed by atoms with Crippen LogP contribution in [0.1, 0.15) is 11.1 Å². The van der Waals surface area contributed by atoms with Gasteiger partial charge in [0.05, 0.1) is 23.5 Å². The summed E-state index contributed by atoms with van der Waals surface area (Å²) in [6, 6.07) is 10.5. The van der Waals surface area contributed by atoms with E-state index in [0.717, 1.165) is 16.7 Å². The van der Waals surface area contributed by atoms with Crippen molar-refractivity contribution in [2.75, 3.05) is 7.11 Å². The van der Waals surface area contributed by atoms with Crippen molar-refractivity contribution in [2.45, 2.75) is 6.54 Å². The van der Waals surface area contributed by atoms with Crippen molar-refractivity contribution in [3.63, 3.8) is 0 Å². The summed E-state index contributed by atoms with van der Waals surface area (Å²) in [7, 11) is 1.40. The summed E-state index contributed by atoms with van der Waals surface area (Å²) in [4.78, 5) is 36.6. The number of phenolic OH excluding ortho intramolecular Hbond substituents is 1. The molecule has 1 fully saturated rings. The number of hydrogen-bond acceptors (Lipinski definition) is 7. The zero-order valence-electron chi connectivity index (χ0n) is 14.1. The maximum absolute atomic E-state index is 12.6. The van der Waals surface area contributed by atoms with E-state index in [0.29, 0.717) is 5.56 Å². The van der Waals surface area contributed by atoms with Crippen LogP contribution in [0.3, 0.4) is 0 Å². The molecule has 0 aromatic heterocycles. The van der Waals surface area contributed by atoms with Crippen LogP contribution < -0.4 is 4.74 Å². The number of nitro groups is 1. The first-order valence-corrected chi connectivity index (χ1v) is 8.57. The number of ether oxygens (including phenoxy) is 1. The molecule has 0 bridgehead atoms. The second-order valence-electron chi connectivity index (χ2n) is 5.58. The number of methoxy groups -OCH3 is 1. The van der Waals surface area contributed by atoms with E-state index in [-0.39, 0.29) is 34.2 Å².